The highest BCUT2D eigenvalue weighted by atomic mass is 35.5. The van der Waals surface area contributed by atoms with Crippen molar-refractivity contribution in [1.29, 1.82) is 0 Å². The second kappa shape index (κ2) is 8.08. The van der Waals surface area contributed by atoms with Crippen molar-refractivity contribution in [3.63, 3.8) is 0 Å². The van der Waals surface area contributed by atoms with E-state index >= 15 is 0 Å². The van der Waals surface area contributed by atoms with Gasteiger partial charge in [-0.25, -0.2) is 0 Å². The number of nitrogens with zero attached hydrogens (tertiary/aromatic N) is 1. The van der Waals surface area contributed by atoms with Gasteiger partial charge in [0.15, 0.2) is 11.5 Å². The number of methoxy groups -OCH3 is 1. The van der Waals surface area contributed by atoms with E-state index in [-0.39, 0.29) is 24.1 Å². The number of ether oxygens (including phenoxy) is 1. The van der Waals surface area contributed by atoms with Crippen molar-refractivity contribution in [2.24, 2.45) is 5.92 Å². The molecule has 0 saturated carbocycles. The van der Waals surface area contributed by atoms with Crippen molar-refractivity contribution in [3.8, 4) is 11.5 Å². The van der Waals surface area contributed by atoms with Gasteiger partial charge in [-0.2, -0.15) is 0 Å². The minimum atomic E-state index is 0. The van der Waals surface area contributed by atoms with Gasteiger partial charge >= 0.3 is 0 Å². The number of hydrogen-bond acceptors (Lipinski definition) is 4. The van der Waals surface area contributed by atoms with E-state index < -0.39 is 0 Å². The Morgan fingerprint density at radius 2 is 2.00 bits per heavy atom. The third-order valence-electron chi connectivity index (χ3n) is 5.12. The molecule has 1 aromatic rings. The van der Waals surface area contributed by atoms with Crippen LogP contribution < -0.4 is 10.1 Å². The number of halogens is 1. The Morgan fingerprint density at radius 1 is 1.33 bits per heavy atom. The number of aromatic hydroxyl groups is 1. The van der Waals surface area contributed by atoms with Crippen LogP contribution in [0.3, 0.4) is 0 Å². The smallest absolute Gasteiger partial charge is 0.222 e. The summed E-state index contributed by atoms with van der Waals surface area (Å²) in [6, 6.07) is 6.46. The highest BCUT2D eigenvalue weighted by molar-refractivity contribution is 5.85. The molecule has 0 aliphatic carbocycles. The van der Waals surface area contributed by atoms with Gasteiger partial charge in [0.05, 0.1) is 7.11 Å². The molecule has 2 bridgehead atoms. The average Bonchev–Trinajstić information content (AvgIpc) is 2.87. The molecule has 2 fully saturated rings. The van der Waals surface area contributed by atoms with Gasteiger partial charge in [-0.1, -0.05) is 6.07 Å². The van der Waals surface area contributed by atoms with Gasteiger partial charge in [0.1, 0.15) is 0 Å². The molecule has 24 heavy (non-hydrogen) atoms. The van der Waals surface area contributed by atoms with Gasteiger partial charge in [-0.3, -0.25) is 4.79 Å². The Labute approximate surface area is 149 Å². The number of hydrogen-bond donors (Lipinski definition) is 2. The maximum Gasteiger partial charge on any atom is 0.222 e. The molecule has 0 radical (unpaired) electrons. The lowest BCUT2D eigenvalue weighted by Gasteiger charge is -2.30. The number of amides is 1. The molecular formula is C18H27ClN2O3. The summed E-state index contributed by atoms with van der Waals surface area (Å²) in [7, 11) is 3.37. The van der Waals surface area contributed by atoms with Crippen LogP contribution in [0.4, 0.5) is 0 Å². The fourth-order valence-corrected chi connectivity index (χ4v) is 3.93. The number of rotatable bonds is 5. The van der Waals surface area contributed by atoms with E-state index in [1.54, 1.807) is 17.0 Å². The van der Waals surface area contributed by atoms with E-state index in [9.17, 15) is 9.90 Å². The number of benzene rings is 1. The Bertz CT molecular complexity index is 569. The summed E-state index contributed by atoms with van der Waals surface area (Å²) in [5.41, 5.74) is 0.959. The molecule has 0 aromatic heterocycles. The molecular weight excluding hydrogens is 328 g/mol. The van der Waals surface area contributed by atoms with Crippen LogP contribution in [0.2, 0.25) is 0 Å². The number of fused-ring (bicyclic) bond motifs is 2. The van der Waals surface area contributed by atoms with Crippen LogP contribution in [-0.4, -0.2) is 42.2 Å². The standard InChI is InChI=1S/C18H26N2O3.ClH/c1-20(11-12-3-6-16(21)17(9-12)23-2)18(22)10-13-7-14-4-5-15(8-13)19-14;/h3,6,9,13-15,19,21H,4-5,7-8,10-11H2,1-2H3;1H. The van der Waals surface area contributed by atoms with Crippen molar-refractivity contribution in [2.75, 3.05) is 14.2 Å². The first-order valence-electron chi connectivity index (χ1n) is 8.41. The molecule has 1 aromatic carbocycles. The molecule has 2 aliphatic heterocycles. The molecule has 3 rings (SSSR count). The Balaban J connectivity index is 0.00000208. The lowest BCUT2D eigenvalue weighted by atomic mass is 9.89. The zero-order valence-corrected chi connectivity index (χ0v) is 15.1. The maximum atomic E-state index is 12.5. The van der Waals surface area contributed by atoms with Crippen molar-refractivity contribution >= 4 is 18.3 Å². The summed E-state index contributed by atoms with van der Waals surface area (Å²) in [5.74, 6) is 1.27. The minimum Gasteiger partial charge on any atom is -0.504 e. The number of piperidine rings is 1. The van der Waals surface area contributed by atoms with Crippen LogP contribution in [0.5, 0.6) is 11.5 Å². The van der Waals surface area contributed by atoms with Crippen LogP contribution in [0.25, 0.3) is 0 Å². The largest absolute Gasteiger partial charge is 0.504 e. The van der Waals surface area contributed by atoms with Crippen LogP contribution in [0.15, 0.2) is 18.2 Å². The molecule has 2 unspecified atom stereocenters. The van der Waals surface area contributed by atoms with Crippen molar-refractivity contribution < 1.29 is 14.6 Å². The number of carbonyl (C=O) groups is 1. The van der Waals surface area contributed by atoms with Gasteiger partial charge < -0.3 is 20.1 Å². The minimum absolute atomic E-state index is 0. The van der Waals surface area contributed by atoms with Gasteiger partial charge in [0.2, 0.25) is 5.91 Å². The molecule has 2 atom stereocenters. The summed E-state index contributed by atoms with van der Waals surface area (Å²) in [6.45, 7) is 0.535. The van der Waals surface area contributed by atoms with E-state index in [0.29, 0.717) is 36.7 Å². The Morgan fingerprint density at radius 3 is 2.62 bits per heavy atom. The van der Waals surface area contributed by atoms with E-state index in [2.05, 4.69) is 5.32 Å². The lowest BCUT2D eigenvalue weighted by molar-refractivity contribution is -0.131. The molecule has 2 heterocycles. The van der Waals surface area contributed by atoms with Crippen LogP contribution in [0, 0.1) is 5.92 Å². The first kappa shape index (κ1) is 18.9. The van der Waals surface area contributed by atoms with Crippen LogP contribution >= 0.6 is 12.4 Å². The van der Waals surface area contributed by atoms with Crippen molar-refractivity contribution in [1.82, 2.24) is 10.2 Å². The van der Waals surface area contributed by atoms with Gasteiger partial charge in [0.25, 0.3) is 0 Å². The third-order valence-corrected chi connectivity index (χ3v) is 5.12. The summed E-state index contributed by atoms with van der Waals surface area (Å²) in [4.78, 5) is 14.3. The normalized spacial score (nSPS) is 25.0. The van der Waals surface area contributed by atoms with Crippen LogP contribution in [0.1, 0.15) is 37.7 Å². The SMILES string of the molecule is COc1cc(CN(C)C(=O)CC2CC3CCC(C2)N3)ccc1O.Cl. The topological polar surface area (TPSA) is 61.8 Å². The summed E-state index contributed by atoms with van der Waals surface area (Å²) in [6.07, 6.45) is 5.42. The summed E-state index contributed by atoms with van der Waals surface area (Å²) in [5, 5.41) is 13.3. The zero-order chi connectivity index (χ0) is 16.4. The first-order chi connectivity index (χ1) is 11.0. The molecule has 0 spiro atoms. The average molecular weight is 355 g/mol. The Hall–Kier alpha value is -1.46. The van der Waals surface area contributed by atoms with E-state index in [4.69, 9.17) is 4.74 Å². The quantitative estimate of drug-likeness (QED) is 0.853. The van der Waals surface area contributed by atoms with Gasteiger partial charge in [-0.05, 0) is 49.3 Å². The molecule has 5 nitrogen and oxygen atoms in total. The van der Waals surface area contributed by atoms with Gasteiger partial charge in [0, 0.05) is 32.1 Å². The number of phenolic OH excluding ortho intramolecular Hbond substituents is 1. The molecule has 6 heteroatoms. The van der Waals surface area contributed by atoms with E-state index in [1.807, 2.05) is 13.1 Å². The summed E-state index contributed by atoms with van der Waals surface area (Å²) < 4.78 is 5.12. The van der Waals surface area contributed by atoms with Gasteiger partial charge in [-0.15, -0.1) is 12.4 Å². The second-order valence-corrected chi connectivity index (χ2v) is 6.94. The molecule has 1 amide bonds. The fraction of sp³-hybridized carbons (Fsp3) is 0.611. The molecule has 2 aliphatic rings. The van der Waals surface area contributed by atoms with Crippen LogP contribution in [-0.2, 0) is 11.3 Å². The lowest BCUT2D eigenvalue weighted by Crippen LogP contribution is -2.39. The number of nitrogens with one attached hydrogen (secondary N) is 1. The number of carbonyl (C=O) groups excluding carboxylic acids is 1. The predicted octanol–water partition coefficient (Wildman–Crippen LogP) is 2.70. The van der Waals surface area contributed by atoms with Crippen molar-refractivity contribution in [3.05, 3.63) is 23.8 Å². The van der Waals surface area contributed by atoms with E-state index in [1.165, 1.54) is 20.0 Å². The number of phenols is 1. The Kier molecular flexibility index (Phi) is 6.35. The first-order valence-corrected chi connectivity index (χ1v) is 8.41. The maximum absolute atomic E-state index is 12.5. The zero-order valence-electron chi connectivity index (χ0n) is 14.3. The highest BCUT2D eigenvalue weighted by Crippen LogP contribution is 2.33. The molecule has 2 N–H and O–H groups in total. The third kappa shape index (κ3) is 4.33. The predicted molar refractivity (Wildman–Crippen MR) is 95.7 cm³/mol. The summed E-state index contributed by atoms with van der Waals surface area (Å²) >= 11 is 0. The van der Waals surface area contributed by atoms with Crippen molar-refractivity contribution in [2.45, 2.75) is 50.7 Å². The van der Waals surface area contributed by atoms with E-state index in [0.717, 1.165) is 18.4 Å². The molecule has 2 saturated heterocycles. The fourth-order valence-electron chi connectivity index (χ4n) is 3.93. The second-order valence-electron chi connectivity index (χ2n) is 6.94. The monoisotopic (exact) mass is 354 g/mol. The molecule has 134 valence electrons. The highest BCUT2D eigenvalue weighted by Gasteiger charge is 2.34.